The Balaban J connectivity index is 0.00000192. The number of aliphatic imine (C=N–C) groups is 1. The number of carbonyl (C=O) groups excluding carboxylic acids is 1. The number of rotatable bonds is 16. The SMILES string of the molecule is CCC.CCCCC(=NC1(C=O)CCCC1)N(C)Cc1ccc(-c2ccccc2SN(COC)c2noc(C)c2C)c(COCC)c1. The summed E-state index contributed by atoms with van der Waals surface area (Å²) in [7, 11) is 3.78. The topological polar surface area (TPSA) is 80.4 Å². The van der Waals surface area contributed by atoms with Crippen LogP contribution in [0.1, 0.15) is 102 Å². The molecule has 0 saturated heterocycles. The summed E-state index contributed by atoms with van der Waals surface area (Å²) in [5.74, 6) is 2.57. The maximum absolute atomic E-state index is 12.1. The van der Waals surface area contributed by atoms with Crippen LogP contribution in [-0.4, -0.2) is 55.2 Å². The highest BCUT2D eigenvalue weighted by atomic mass is 32.2. The average Bonchev–Trinajstić information content (AvgIpc) is 3.68. The molecule has 0 radical (unpaired) electrons. The molecule has 1 saturated carbocycles. The van der Waals surface area contributed by atoms with Crippen molar-refractivity contribution in [3.8, 4) is 11.1 Å². The molecule has 258 valence electrons. The number of carbonyl (C=O) groups is 1. The molecule has 1 aromatic heterocycles. The number of ether oxygens (including phenoxy) is 2. The third-order valence-electron chi connectivity index (χ3n) is 8.29. The number of hydrogen-bond acceptors (Lipinski definition) is 8. The number of nitrogens with zero attached hydrogens (tertiary/aromatic N) is 4. The molecule has 47 heavy (non-hydrogen) atoms. The highest BCUT2D eigenvalue weighted by molar-refractivity contribution is 8.00. The number of anilines is 1. The van der Waals surface area contributed by atoms with E-state index in [0.29, 0.717) is 26.5 Å². The van der Waals surface area contributed by atoms with Gasteiger partial charge in [-0.25, -0.2) is 0 Å². The van der Waals surface area contributed by atoms with E-state index < -0.39 is 5.54 Å². The smallest absolute Gasteiger partial charge is 0.187 e. The van der Waals surface area contributed by atoms with Gasteiger partial charge in [0.1, 0.15) is 30.2 Å². The Morgan fingerprint density at radius 1 is 1.09 bits per heavy atom. The summed E-state index contributed by atoms with van der Waals surface area (Å²) in [6, 6.07) is 15.1. The molecule has 3 aromatic rings. The first-order valence-corrected chi connectivity index (χ1v) is 18.0. The predicted molar refractivity (Wildman–Crippen MR) is 195 cm³/mol. The molecule has 1 aliphatic carbocycles. The van der Waals surface area contributed by atoms with Crippen LogP contribution >= 0.6 is 11.9 Å². The summed E-state index contributed by atoms with van der Waals surface area (Å²) in [6.07, 6.45) is 9.18. The standard InChI is InChI=1S/C35H48N4O4S.C3H8/c1-7-9-16-33(36-35(24-40)19-12-13-20-35)38(5)22-28-17-18-30(29(21-28)23-42-8-2)31-14-10-11-15-32(31)44-39(25-41-6)34-26(3)27(4)43-37-34;1-3-2/h10-11,14-15,17-18,21,24H,7-9,12-13,16,19-20,22-23,25H2,1-6H3;3H2,1-2H3. The van der Waals surface area contributed by atoms with Crippen LogP contribution in [0.15, 0.2) is 56.9 Å². The van der Waals surface area contributed by atoms with E-state index in [0.717, 1.165) is 95.8 Å². The van der Waals surface area contributed by atoms with Crippen LogP contribution in [-0.2, 0) is 27.4 Å². The summed E-state index contributed by atoms with van der Waals surface area (Å²) in [4.78, 5) is 20.5. The molecule has 1 fully saturated rings. The molecule has 0 spiro atoms. The van der Waals surface area contributed by atoms with Gasteiger partial charge in [-0.05, 0) is 80.3 Å². The van der Waals surface area contributed by atoms with E-state index in [-0.39, 0.29) is 0 Å². The third-order valence-corrected chi connectivity index (χ3v) is 9.34. The average molecular weight is 665 g/mol. The zero-order valence-electron chi connectivity index (χ0n) is 29.9. The van der Waals surface area contributed by atoms with Crippen molar-refractivity contribution in [2.75, 3.05) is 31.8 Å². The van der Waals surface area contributed by atoms with E-state index >= 15 is 0 Å². The number of unbranched alkanes of at least 4 members (excludes halogenated alkanes) is 1. The molecule has 0 atom stereocenters. The molecular weight excluding hydrogens is 609 g/mol. The van der Waals surface area contributed by atoms with Crippen molar-refractivity contribution >= 4 is 29.9 Å². The summed E-state index contributed by atoms with van der Waals surface area (Å²) in [5, 5.41) is 4.30. The van der Waals surface area contributed by atoms with Gasteiger partial charge in [0.25, 0.3) is 0 Å². The molecule has 0 bridgehead atoms. The Labute approximate surface area is 287 Å². The van der Waals surface area contributed by atoms with Crippen molar-refractivity contribution in [1.29, 1.82) is 0 Å². The first-order chi connectivity index (χ1) is 22.8. The second-order valence-electron chi connectivity index (χ2n) is 12.3. The van der Waals surface area contributed by atoms with Gasteiger partial charge in [0, 0.05) is 44.2 Å². The maximum Gasteiger partial charge on any atom is 0.187 e. The normalized spacial score (nSPS) is 14.1. The molecule has 0 N–H and O–H groups in total. The third kappa shape index (κ3) is 10.7. The highest BCUT2D eigenvalue weighted by Gasteiger charge is 2.34. The molecule has 0 unspecified atom stereocenters. The Bertz CT molecular complexity index is 1420. The Morgan fingerprint density at radius 2 is 1.81 bits per heavy atom. The Morgan fingerprint density at radius 3 is 2.43 bits per heavy atom. The molecule has 0 aliphatic heterocycles. The van der Waals surface area contributed by atoms with Crippen LogP contribution in [0, 0.1) is 13.8 Å². The molecular formula is C38H56N4O4S. The molecule has 8 nitrogen and oxygen atoms in total. The first-order valence-electron chi connectivity index (χ1n) is 17.2. The van der Waals surface area contributed by atoms with Crippen molar-refractivity contribution in [1.82, 2.24) is 10.1 Å². The van der Waals surface area contributed by atoms with Gasteiger partial charge in [0.05, 0.1) is 6.61 Å². The Hall–Kier alpha value is -3.14. The van der Waals surface area contributed by atoms with E-state index in [1.54, 1.807) is 19.1 Å². The second-order valence-corrected chi connectivity index (χ2v) is 13.4. The number of methoxy groups -OCH3 is 1. The van der Waals surface area contributed by atoms with E-state index in [4.69, 9.17) is 19.0 Å². The van der Waals surface area contributed by atoms with Crippen molar-refractivity contribution in [3.63, 3.8) is 0 Å². The monoisotopic (exact) mass is 664 g/mol. The number of hydrogen-bond donors (Lipinski definition) is 0. The summed E-state index contributed by atoms with van der Waals surface area (Å²) in [6.45, 7) is 14.6. The van der Waals surface area contributed by atoms with Crippen molar-refractivity contribution in [2.24, 2.45) is 4.99 Å². The maximum atomic E-state index is 12.1. The zero-order valence-corrected chi connectivity index (χ0v) is 30.8. The van der Waals surface area contributed by atoms with Crippen LogP contribution in [0.25, 0.3) is 11.1 Å². The lowest BCUT2D eigenvalue weighted by Crippen LogP contribution is -2.33. The van der Waals surface area contributed by atoms with Crippen LogP contribution in [0.2, 0.25) is 0 Å². The quantitative estimate of drug-likeness (QED) is 0.0493. The number of aryl methyl sites for hydroxylation is 1. The van der Waals surface area contributed by atoms with Gasteiger partial charge < -0.3 is 23.7 Å². The fourth-order valence-electron chi connectivity index (χ4n) is 5.65. The molecule has 0 amide bonds. The van der Waals surface area contributed by atoms with Crippen LogP contribution in [0.5, 0.6) is 0 Å². The lowest BCUT2D eigenvalue weighted by molar-refractivity contribution is -0.112. The summed E-state index contributed by atoms with van der Waals surface area (Å²) < 4.78 is 19.0. The van der Waals surface area contributed by atoms with Gasteiger partial charge in [-0.15, -0.1) is 0 Å². The van der Waals surface area contributed by atoms with Gasteiger partial charge in [-0.1, -0.05) is 88.0 Å². The summed E-state index contributed by atoms with van der Waals surface area (Å²) >= 11 is 1.58. The molecule has 1 heterocycles. The predicted octanol–water partition coefficient (Wildman–Crippen LogP) is 9.56. The number of aromatic nitrogens is 1. The second kappa shape index (κ2) is 19.6. The zero-order chi connectivity index (χ0) is 34.2. The van der Waals surface area contributed by atoms with Crippen LogP contribution < -0.4 is 4.31 Å². The van der Waals surface area contributed by atoms with E-state index in [1.807, 2.05) is 25.1 Å². The van der Waals surface area contributed by atoms with E-state index in [1.165, 1.54) is 12.0 Å². The number of aldehydes is 1. The molecule has 9 heteroatoms. The lowest BCUT2D eigenvalue weighted by Gasteiger charge is -2.27. The van der Waals surface area contributed by atoms with Crippen molar-refractivity contribution in [3.05, 3.63) is 64.9 Å². The van der Waals surface area contributed by atoms with E-state index in [9.17, 15) is 4.79 Å². The van der Waals surface area contributed by atoms with Gasteiger partial charge in [0.2, 0.25) is 0 Å². The van der Waals surface area contributed by atoms with Gasteiger partial charge in [0.15, 0.2) is 5.82 Å². The van der Waals surface area contributed by atoms with Crippen LogP contribution in [0.4, 0.5) is 5.82 Å². The van der Waals surface area contributed by atoms with Crippen molar-refractivity contribution in [2.45, 2.75) is 116 Å². The highest BCUT2D eigenvalue weighted by Crippen LogP contribution is 2.39. The summed E-state index contributed by atoms with van der Waals surface area (Å²) in [5.41, 5.74) is 5.00. The minimum Gasteiger partial charge on any atom is -0.377 e. The Kier molecular flexibility index (Phi) is 16.0. The fourth-order valence-corrected chi connectivity index (χ4v) is 6.71. The number of amidine groups is 1. The van der Waals surface area contributed by atoms with Gasteiger partial charge in [-0.3, -0.25) is 9.30 Å². The minimum atomic E-state index is -0.553. The minimum absolute atomic E-state index is 0.357. The molecule has 2 aromatic carbocycles. The molecule has 1 aliphatic rings. The van der Waals surface area contributed by atoms with Crippen LogP contribution in [0.3, 0.4) is 0 Å². The number of benzene rings is 2. The first kappa shape index (κ1) is 38.3. The van der Waals surface area contributed by atoms with Gasteiger partial charge in [-0.2, -0.15) is 0 Å². The molecule has 4 rings (SSSR count). The fraction of sp³-hybridized carbons (Fsp3) is 0.553. The van der Waals surface area contributed by atoms with Gasteiger partial charge >= 0.3 is 0 Å². The lowest BCUT2D eigenvalue weighted by atomic mass is 9.97. The van der Waals surface area contributed by atoms with E-state index in [2.05, 4.69) is 80.3 Å². The van der Waals surface area contributed by atoms with Crippen molar-refractivity contribution < 1.29 is 18.8 Å². The largest absolute Gasteiger partial charge is 0.377 e.